The number of aliphatic carboxylic acids is 1. The normalized spacial score (nSPS) is 16.4. The highest BCUT2D eigenvalue weighted by atomic mass is 16.5. The van der Waals surface area contributed by atoms with Crippen LogP contribution in [0.25, 0.3) is 0 Å². The molecule has 1 aliphatic rings. The first-order chi connectivity index (χ1) is 7.43. The van der Waals surface area contributed by atoms with Gasteiger partial charge in [-0.2, -0.15) is 0 Å². The molecule has 1 rings (SSSR count). The number of carbonyl (C=O) groups is 4. The number of amides is 2. The van der Waals surface area contributed by atoms with Crippen LogP contribution in [0.2, 0.25) is 0 Å². The molecule has 16 heavy (non-hydrogen) atoms. The predicted molar refractivity (Wildman–Crippen MR) is 48.8 cm³/mol. The molecule has 0 radical (unpaired) electrons. The lowest BCUT2D eigenvalue weighted by molar-refractivity contribution is -0.162. The molecule has 0 spiro atoms. The third-order valence-electron chi connectivity index (χ3n) is 1.96. The molecule has 1 aliphatic heterocycles. The van der Waals surface area contributed by atoms with E-state index < -0.39 is 36.4 Å². The van der Waals surface area contributed by atoms with E-state index in [2.05, 4.69) is 4.74 Å². The molecule has 2 amide bonds. The Kier molecular flexibility index (Phi) is 3.39. The molecule has 1 heterocycles. The van der Waals surface area contributed by atoms with Crippen LogP contribution in [0.5, 0.6) is 0 Å². The molecule has 0 saturated heterocycles. The van der Waals surface area contributed by atoms with Crippen molar-refractivity contribution >= 4 is 23.8 Å². The number of imide groups is 1. The van der Waals surface area contributed by atoms with Crippen molar-refractivity contribution < 1.29 is 29.0 Å². The van der Waals surface area contributed by atoms with Crippen molar-refractivity contribution in [2.45, 2.75) is 6.92 Å². The zero-order valence-electron chi connectivity index (χ0n) is 8.37. The maximum absolute atomic E-state index is 11.1. The van der Waals surface area contributed by atoms with Crippen LogP contribution < -0.4 is 0 Å². The van der Waals surface area contributed by atoms with Gasteiger partial charge >= 0.3 is 11.9 Å². The van der Waals surface area contributed by atoms with Crippen LogP contribution in [0.1, 0.15) is 6.92 Å². The third-order valence-corrected chi connectivity index (χ3v) is 1.96. The van der Waals surface area contributed by atoms with Crippen molar-refractivity contribution in [2.24, 2.45) is 5.92 Å². The topological polar surface area (TPSA) is 101 Å². The van der Waals surface area contributed by atoms with Gasteiger partial charge in [0, 0.05) is 12.2 Å². The van der Waals surface area contributed by atoms with Gasteiger partial charge < -0.3 is 9.84 Å². The van der Waals surface area contributed by atoms with Gasteiger partial charge in [0.1, 0.15) is 0 Å². The number of rotatable bonds is 4. The van der Waals surface area contributed by atoms with Crippen molar-refractivity contribution in [1.29, 1.82) is 0 Å². The fourth-order valence-corrected chi connectivity index (χ4v) is 0.912. The number of carboxylic acid groups (broad SMARTS) is 1. The second kappa shape index (κ2) is 4.56. The Bertz CT molecular complexity index is 367. The van der Waals surface area contributed by atoms with Crippen LogP contribution in [0, 0.1) is 5.92 Å². The molecule has 0 aromatic carbocycles. The van der Waals surface area contributed by atoms with E-state index >= 15 is 0 Å². The molecule has 0 fully saturated rings. The van der Waals surface area contributed by atoms with E-state index in [0.717, 1.165) is 19.1 Å². The fourth-order valence-electron chi connectivity index (χ4n) is 0.912. The summed E-state index contributed by atoms with van der Waals surface area (Å²) in [7, 11) is 0. The molecular formula is C9H9NO6. The third kappa shape index (κ3) is 2.44. The van der Waals surface area contributed by atoms with Crippen LogP contribution >= 0.6 is 0 Å². The van der Waals surface area contributed by atoms with Crippen molar-refractivity contribution in [2.75, 3.05) is 6.73 Å². The second-order valence-corrected chi connectivity index (χ2v) is 3.09. The Labute approximate surface area is 90.3 Å². The summed E-state index contributed by atoms with van der Waals surface area (Å²) in [5.74, 6) is -4.86. The largest absolute Gasteiger partial charge is 0.481 e. The van der Waals surface area contributed by atoms with E-state index in [9.17, 15) is 19.2 Å². The summed E-state index contributed by atoms with van der Waals surface area (Å²) in [5, 5.41) is 8.49. The lowest BCUT2D eigenvalue weighted by atomic mass is 10.2. The van der Waals surface area contributed by atoms with Crippen LogP contribution in [-0.2, 0) is 23.9 Å². The summed E-state index contributed by atoms with van der Waals surface area (Å²) in [6.45, 7) is 0.581. The van der Waals surface area contributed by atoms with Gasteiger partial charge in [0.25, 0.3) is 11.8 Å². The van der Waals surface area contributed by atoms with Crippen LogP contribution in [0.15, 0.2) is 12.2 Å². The zero-order valence-corrected chi connectivity index (χ0v) is 8.37. The Balaban J connectivity index is 2.47. The monoisotopic (exact) mass is 227 g/mol. The molecule has 0 bridgehead atoms. The summed E-state index contributed by atoms with van der Waals surface area (Å²) in [5.41, 5.74) is 0. The number of carboxylic acids is 1. The number of ether oxygens (including phenoxy) is 1. The predicted octanol–water partition coefficient (Wildman–Crippen LogP) is -0.867. The Morgan fingerprint density at radius 3 is 2.31 bits per heavy atom. The molecular weight excluding hydrogens is 218 g/mol. The van der Waals surface area contributed by atoms with E-state index in [-0.39, 0.29) is 0 Å². The minimum absolute atomic E-state index is 0.568. The molecule has 1 atom stereocenters. The minimum atomic E-state index is -1.33. The molecule has 0 aromatic heterocycles. The summed E-state index contributed by atoms with van der Waals surface area (Å²) in [4.78, 5) is 44.2. The molecule has 0 aliphatic carbocycles. The maximum Gasteiger partial charge on any atom is 0.321 e. The maximum atomic E-state index is 11.1. The fraction of sp³-hybridized carbons (Fsp3) is 0.333. The summed E-state index contributed by atoms with van der Waals surface area (Å²) >= 11 is 0. The highest BCUT2D eigenvalue weighted by molar-refractivity contribution is 6.12. The van der Waals surface area contributed by atoms with Gasteiger partial charge in [0.2, 0.25) is 0 Å². The highest BCUT2D eigenvalue weighted by Gasteiger charge is 2.27. The highest BCUT2D eigenvalue weighted by Crippen LogP contribution is 2.05. The lowest BCUT2D eigenvalue weighted by Crippen LogP contribution is -2.35. The number of carbonyl (C=O) groups excluding carboxylic acids is 3. The first-order valence-electron chi connectivity index (χ1n) is 4.36. The number of nitrogens with zero attached hydrogens (tertiary/aromatic N) is 1. The molecule has 0 aromatic rings. The number of esters is 1. The van der Waals surface area contributed by atoms with Gasteiger partial charge in [-0.3, -0.25) is 19.2 Å². The van der Waals surface area contributed by atoms with Crippen molar-refractivity contribution in [1.82, 2.24) is 4.90 Å². The first kappa shape index (κ1) is 11.9. The summed E-state index contributed by atoms with van der Waals surface area (Å²) < 4.78 is 4.51. The van der Waals surface area contributed by atoms with E-state index in [1.165, 1.54) is 0 Å². The summed E-state index contributed by atoms with van der Waals surface area (Å²) in [6.07, 6.45) is 2.08. The van der Waals surface area contributed by atoms with Crippen molar-refractivity contribution in [3.8, 4) is 0 Å². The van der Waals surface area contributed by atoms with Gasteiger partial charge in [0.15, 0.2) is 12.6 Å². The quantitative estimate of drug-likeness (QED) is 0.380. The van der Waals surface area contributed by atoms with E-state index in [1.807, 2.05) is 0 Å². The molecule has 1 N–H and O–H groups in total. The minimum Gasteiger partial charge on any atom is -0.481 e. The van der Waals surface area contributed by atoms with Gasteiger partial charge in [-0.15, -0.1) is 0 Å². The lowest BCUT2D eigenvalue weighted by Gasteiger charge is -2.14. The van der Waals surface area contributed by atoms with E-state index in [4.69, 9.17) is 5.11 Å². The average molecular weight is 227 g/mol. The van der Waals surface area contributed by atoms with Gasteiger partial charge in [-0.05, 0) is 6.92 Å². The molecule has 1 unspecified atom stereocenters. The Hall–Kier alpha value is -2.18. The van der Waals surface area contributed by atoms with Gasteiger partial charge in [-0.25, -0.2) is 4.90 Å². The Morgan fingerprint density at radius 1 is 1.38 bits per heavy atom. The molecule has 0 saturated carbocycles. The first-order valence-corrected chi connectivity index (χ1v) is 4.36. The second-order valence-electron chi connectivity index (χ2n) is 3.09. The standard InChI is InChI=1S/C9H9NO6/c1-5(8(13)14)9(15)16-4-10-6(11)2-3-7(10)12/h2-3,5H,4H2,1H3,(H,13,14). The van der Waals surface area contributed by atoms with Crippen molar-refractivity contribution in [3.05, 3.63) is 12.2 Å². The average Bonchev–Trinajstić information content (AvgIpc) is 2.54. The smallest absolute Gasteiger partial charge is 0.321 e. The van der Waals surface area contributed by atoms with Crippen LogP contribution in [0.3, 0.4) is 0 Å². The Morgan fingerprint density at radius 2 is 1.88 bits per heavy atom. The van der Waals surface area contributed by atoms with Crippen LogP contribution in [-0.4, -0.2) is 40.5 Å². The van der Waals surface area contributed by atoms with Gasteiger partial charge in [-0.1, -0.05) is 0 Å². The number of hydrogen-bond donors (Lipinski definition) is 1. The SMILES string of the molecule is CC(C(=O)O)C(=O)OCN1C(=O)C=CC1=O. The van der Waals surface area contributed by atoms with Gasteiger partial charge in [0.05, 0.1) is 0 Å². The molecule has 7 nitrogen and oxygen atoms in total. The van der Waals surface area contributed by atoms with Crippen molar-refractivity contribution in [3.63, 3.8) is 0 Å². The molecule has 7 heteroatoms. The van der Waals surface area contributed by atoms with E-state index in [1.54, 1.807) is 0 Å². The van der Waals surface area contributed by atoms with Crippen LogP contribution in [0.4, 0.5) is 0 Å². The zero-order chi connectivity index (χ0) is 12.3. The number of hydrogen-bond acceptors (Lipinski definition) is 5. The molecule has 86 valence electrons. The van der Waals surface area contributed by atoms with E-state index in [0.29, 0.717) is 4.90 Å². The summed E-state index contributed by atoms with van der Waals surface area (Å²) in [6, 6.07) is 0.